The summed E-state index contributed by atoms with van der Waals surface area (Å²) in [5.74, 6) is 0.0966. The standard InChI is InChI=1S/C17H13FN6O/c1-8-4-9(2-3-21-8)14-15-12(13(19)16(20)25-15)11(7-22-14)10-5-23-17(18)24-6-10/h2-7H,19-20H2,1H3. The van der Waals surface area contributed by atoms with Crippen LogP contribution in [0.15, 0.2) is 41.3 Å². The monoisotopic (exact) mass is 336 g/mol. The van der Waals surface area contributed by atoms with Crippen molar-refractivity contribution < 1.29 is 8.81 Å². The molecule has 0 aliphatic heterocycles. The molecule has 4 heterocycles. The maximum Gasteiger partial charge on any atom is 0.308 e. The Morgan fingerprint density at radius 3 is 2.48 bits per heavy atom. The van der Waals surface area contributed by atoms with E-state index in [0.29, 0.717) is 33.5 Å². The molecule has 4 rings (SSSR count). The van der Waals surface area contributed by atoms with Crippen molar-refractivity contribution in [1.82, 2.24) is 19.9 Å². The first-order chi connectivity index (χ1) is 12.0. The van der Waals surface area contributed by atoms with E-state index in [0.717, 1.165) is 11.3 Å². The lowest BCUT2D eigenvalue weighted by molar-refractivity contribution is 0.539. The molecule has 0 fully saturated rings. The molecule has 7 nitrogen and oxygen atoms in total. The minimum absolute atomic E-state index is 0.0966. The van der Waals surface area contributed by atoms with Crippen molar-refractivity contribution in [3.8, 4) is 22.4 Å². The maximum atomic E-state index is 13.0. The highest BCUT2D eigenvalue weighted by atomic mass is 19.1. The summed E-state index contributed by atoms with van der Waals surface area (Å²) in [5.41, 5.74) is 16.2. The zero-order valence-corrected chi connectivity index (χ0v) is 13.2. The molecule has 4 aromatic heterocycles. The Hall–Kier alpha value is -3.55. The number of anilines is 2. The highest BCUT2D eigenvalue weighted by Crippen LogP contribution is 2.41. The number of pyridine rings is 2. The maximum absolute atomic E-state index is 13.0. The number of hydrogen-bond donors (Lipinski definition) is 2. The lowest BCUT2D eigenvalue weighted by Crippen LogP contribution is -1.94. The van der Waals surface area contributed by atoms with Crippen LogP contribution in [0, 0.1) is 13.0 Å². The Kier molecular flexibility index (Phi) is 3.31. The van der Waals surface area contributed by atoms with Crippen LogP contribution in [0.1, 0.15) is 5.69 Å². The number of fused-ring (bicyclic) bond motifs is 1. The SMILES string of the molecule is Cc1cc(-c2ncc(-c3cnc(F)nc3)c3c(N)c(N)oc23)ccn1. The molecule has 25 heavy (non-hydrogen) atoms. The van der Waals surface area contributed by atoms with Crippen LogP contribution in [-0.2, 0) is 0 Å². The Morgan fingerprint density at radius 1 is 1.00 bits per heavy atom. The molecular weight excluding hydrogens is 323 g/mol. The van der Waals surface area contributed by atoms with E-state index in [1.807, 2.05) is 19.1 Å². The van der Waals surface area contributed by atoms with Crippen molar-refractivity contribution in [3.05, 3.63) is 48.7 Å². The fourth-order valence-corrected chi connectivity index (χ4v) is 2.72. The molecule has 0 unspecified atom stereocenters. The van der Waals surface area contributed by atoms with Gasteiger partial charge in [-0.25, -0.2) is 9.97 Å². The zero-order valence-electron chi connectivity index (χ0n) is 13.2. The normalized spacial score (nSPS) is 11.1. The number of aromatic nitrogens is 4. The van der Waals surface area contributed by atoms with Gasteiger partial charge in [-0.05, 0) is 19.1 Å². The van der Waals surface area contributed by atoms with E-state index < -0.39 is 6.08 Å². The molecule has 0 saturated carbocycles. The molecular formula is C17H13FN6O. The molecule has 0 aliphatic carbocycles. The Bertz CT molecular complexity index is 1090. The van der Waals surface area contributed by atoms with Gasteiger partial charge in [-0.1, -0.05) is 0 Å². The van der Waals surface area contributed by atoms with Crippen molar-refractivity contribution in [3.63, 3.8) is 0 Å². The second kappa shape index (κ2) is 5.52. The first kappa shape index (κ1) is 15.0. The Morgan fingerprint density at radius 2 is 1.76 bits per heavy atom. The number of rotatable bonds is 2. The third-order valence-corrected chi connectivity index (χ3v) is 3.88. The predicted molar refractivity (Wildman–Crippen MR) is 91.8 cm³/mol. The van der Waals surface area contributed by atoms with Gasteiger partial charge in [0.1, 0.15) is 11.4 Å². The molecule has 0 radical (unpaired) electrons. The van der Waals surface area contributed by atoms with E-state index in [4.69, 9.17) is 15.9 Å². The summed E-state index contributed by atoms with van der Waals surface area (Å²) in [5, 5.41) is 0.590. The molecule has 0 atom stereocenters. The van der Waals surface area contributed by atoms with Crippen LogP contribution in [0.25, 0.3) is 33.4 Å². The van der Waals surface area contributed by atoms with Gasteiger partial charge in [0, 0.05) is 47.2 Å². The highest BCUT2D eigenvalue weighted by molar-refractivity contribution is 6.09. The number of nitrogen functional groups attached to an aromatic ring is 2. The number of furan rings is 1. The van der Waals surface area contributed by atoms with Gasteiger partial charge >= 0.3 is 6.08 Å². The fourth-order valence-electron chi connectivity index (χ4n) is 2.72. The van der Waals surface area contributed by atoms with Gasteiger partial charge in [-0.15, -0.1) is 0 Å². The first-order valence-electron chi connectivity index (χ1n) is 7.42. The van der Waals surface area contributed by atoms with Crippen molar-refractivity contribution in [2.75, 3.05) is 11.5 Å². The molecule has 4 aromatic rings. The highest BCUT2D eigenvalue weighted by Gasteiger charge is 2.20. The Labute approximate surface area is 141 Å². The summed E-state index contributed by atoms with van der Waals surface area (Å²) in [6.45, 7) is 1.88. The van der Waals surface area contributed by atoms with E-state index in [-0.39, 0.29) is 5.88 Å². The van der Waals surface area contributed by atoms with Gasteiger partial charge in [0.05, 0.1) is 5.39 Å². The van der Waals surface area contributed by atoms with Crippen LogP contribution in [0.5, 0.6) is 0 Å². The molecule has 0 amide bonds. The van der Waals surface area contributed by atoms with Gasteiger partial charge in [0.2, 0.25) is 5.88 Å². The van der Waals surface area contributed by atoms with Crippen LogP contribution >= 0.6 is 0 Å². The van der Waals surface area contributed by atoms with Crippen LogP contribution in [-0.4, -0.2) is 19.9 Å². The average molecular weight is 336 g/mol. The molecule has 4 N–H and O–H groups in total. The summed E-state index contributed by atoms with van der Waals surface area (Å²) >= 11 is 0. The summed E-state index contributed by atoms with van der Waals surface area (Å²) in [6, 6.07) is 3.71. The smallest absolute Gasteiger partial charge is 0.308 e. The number of halogens is 1. The quantitative estimate of drug-likeness (QED) is 0.540. The van der Waals surface area contributed by atoms with Crippen molar-refractivity contribution in [1.29, 1.82) is 0 Å². The number of nitrogens with two attached hydrogens (primary N) is 2. The van der Waals surface area contributed by atoms with E-state index in [2.05, 4.69) is 19.9 Å². The number of hydrogen-bond acceptors (Lipinski definition) is 7. The van der Waals surface area contributed by atoms with Crippen LogP contribution < -0.4 is 11.5 Å². The van der Waals surface area contributed by atoms with Crippen LogP contribution in [0.4, 0.5) is 16.0 Å². The van der Waals surface area contributed by atoms with Gasteiger partial charge in [-0.3, -0.25) is 9.97 Å². The third-order valence-electron chi connectivity index (χ3n) is 3.88. The minimum Gasteiger partial charge on any atom is -0.436 e. The average Bonchev–Trinajstić information content (AvgIpc) is 2.90. The number of nitrogens with zero attached hydrogens (tertiary/aromatic N) is 4. The van der Waals surface area contributed by atoms with Crippen LogP contribution in [0.3, 0.4) is 0 Å². The summed E-state index contributed by atoms with van der Waals surface area (Å²) in [4.78, 5) is 15.8. The number of aryl methyl sites for hydroxylation is 1. The molecule has 124 valence electrons. The summed E-state index contributed by atoms with van der Waals surface area (Å²) < 4.78 is 18.7. The van der Waals surface area contributed by atoms with Gasteiger partial charge < -0.3 is 15.9 Å². The van der Waals surface area contributed by atoms with Gasteiger partial charge in [0.15, 0.2) is 5.58 Å². The second-order valence-electron chi connectivity index (χ2n) is 5.53. The largest absolute Gasteiger partial charge is 0.436 e. The van der Waals surface area contributed by atoms with E-state index >= 15 is 0 Å². The van der Waals surface area contributed by atoms with Crippen LogP contribution in [0.2, 0.25) is 0 Å². The summed E-state index contributed by atoms with van der Waals surface area (Å²) in [6.07, 6.45) is 5.22. The Balaban J connectivity index is 2.02. The van der Waals surface area contributed by atoms with E-state index in [1.54, 1.807) is 12.4 Å². The lowest BCUT2D eigenvalue weighted by Gasteiger charge is -2.07. The topological polar surface area (TPSA) is 117 Å². The van der Waals surface area contributed by atoms with Crippen molar-refractivity contribution >= 4 is 22.5 Å². The molecule has 0 bridgehead atoms. The van der Waals surface area contributed by atoms with Gasteiger partial charge in [0.25, 0.3) is 0 Å². The lowest BCUT2D eigenvalue weighted by atomic mass is 10.0. The van der Waals surface area contributed by atoms with Gasteiger partial charge in [-0.2, -0.15) is 4.39 Å². The van der Waals surface area contributed by atoms with E-state index in [9.17, 15) is 4.39 Å². The zero-order chi connectivity index (χ0) is 17.6. The van der Waals surface area contributed by atoms with Crippen molar-refractivity contribution in [2.24, 2.45) is 0 Å². The molecule has 0 aromatic carbocycles. The molecule has 8 heteroatoms. The molecule has 0 aliphatic rings. The summed E-state index contributed by atoms with van der Waals surface area (Å²) in [7, 11) is 0. The molecule has 0 saturated heterocycles. The minimum atomic E-state index is -0.809. The predicted octanol–water partition coefficient (Wildman–Crippen LogP) is 2.96. The third kappa shape index (κ3) is 2.44. The van der Waals surface area contributed by atoms with Crippen molar-refractivity contribution in [2.45, 2.75) is 6.92 Å². The van der Waals surface area contributed by atoms with E-state index in [1.165, 1.54) is 12.4 Å². The fraction of sp³-hybridized carbons (Fsp3) is 0.0588. The molecule has 0 spiro atoms. The first-order valence-corrected chi connectivity index (χ1v) is 7.42. The second-order valence-corrected chi connectivity index (χ2v) is 5.53.